The minimum absolute atomic E-state index is 0.384. The monoisotopic (exact) mass is 322 g/mol. The fourth-order valence-corrected chi connectivity index (χ4v) is 3.08. The smallest absolute Gasteiger partial charge is 0.276 e. The molecule has 2 N–H and O–H groups in total. The number of thioether (sulfide) groups is 1. The molecule has 1 aliphatic heterocycles. The zero-order valence-electron chi connectivity index (χ0n) is 12.3. The molecule has 2 heterocycles. The maximum absolute atomic E-state index is 10.1. The summed E-state index contributed by atoms with van der Waals surface area (Å²) in [5, 5.41) is 18.7. The molecule has 1 atom stereocenters. The Hall–Kier alpha value is -1.41. The predicted octanol–water partition coefficient (Wildman–Crippen LogP) is 0.105. The number of hydrogen-bond donors (Lipinski definition) is 2. The molecule has 22 heavy (non-hydrogen) atoms. The van der Waals surface area contributed by atoms with E-state index in [1.165, 1.54) is 16.7 Å². The molecule has 2 aromatic rings. The second-order valence-corrected chi connectivity index (χ2v) is 6.24. The van der Waals surface area contributed by atoms with E-state index in [2.05, 4.69) is 10.2 Å². The summed E-state index contributed by atoms with van der Waals surface area (Å²) >= 11 is 1.40. The van der Waals surface area contributed by atoms with Gasteiger partial charge >= 0.3 is 0 Å². The van der Waals surface area contributed by atoms with E-state index in [-0.39, 0.29) is 6.10 Å². The molecule has 1 aliphatic rings. The number of quaternary nitrogens is 1. The lowest BCUT2D eigenvalue weighted by Gasteiger charge is -2.25. The third kappa shape index (κ3) is 4.30. The second kappa shape index (κ2) is 7.73. The van der Waals surface area contributed by atoms with Crippen LogP contribution in [0.15, 0.2) is 40.0 Å². The number of hydrogen-bond acceptors (Lipinski definition) is 6. The van der Waals surface area contributed by atoms with Crippen molar-refractivity contribution < 1.29 is 19.2 Å². The van der Waals surface area contributed by atoms with Crippen LogP contribution in [0.25, 0.3) is 11.5 Å². The topological polar surface area (TPSA) is 72.8 Å². The van der Waals surface area contributed by atoms with Crippen LogP contribution in [-0.2, 0) is 4.74 Å². The van der Waals surface area contributed by atoms with Gasteiger partial charge in [0.2, 0.25) is 5.89 Å². The van der Waals surface area contributed by atoms with E-state index in [1.807, 2.05) is 30.3 Å². The number of ether oxygens (including phenoxy) is 1. The highest BCUT2D eigenvalue weighted by molar-refractivity contribution is 7.99. The summed E-state index contributed by atoms with van der Waals surface area (Å²) in [5.41, 5.74) is 0.903. The van der Waals surface area contributed by atoms with E-state index in [9.17, 15) is 5.11 Å². The van der Waals surface area contributed by atoms with Gasteiger partial charge in [0.15, 0.2) is 0 Å². The molecule has 3 rings (SSSR count). The van der Waals surface area contributed by atoms with Crippen molar-refractivity contribution in [2.24, 2.45) is 0 Å². The fraction of sp³-hybridized carbons (Fsp3) is 0.467. The predicted molar refractivity (Wildman–Crippen MR) is 82.8 cm³/mol. The molecule has 0 amide bonds. The Morgan fingerprint density at radius 1 is 1.18 bits per heavy atom. The average molecular weight is 322 g/mol. The van der Waals surface area contributed by atoms with Crippen molar-refractivity contribution in [3.63, 3.8) is 0 Å². The molecule has 6 nitrogen and oxygen atoms in total. The van der Waals surface area contributed by atoms with Crippen LogP contribution >= 0.6 is 11.8 Å². The highest BCUT2D eigenvalue weighted by Gasteiger charge is 2.19. The molecular weight excluding hydrogens is 302 g/mol. The van der Waals surface area contributed by atoms with Gasteiger partial charge < -0.3 is 19.2 Å². The minimum atomic E-state index is -0.384. The quantitative estimate of drug-likeness (QED) is 0.735. The highest BCUT2D eigenvalue weighted by atomic mass is 32.2. The molecule has 0 radical (unpaired) electrons. The number of aliphatic hydroxyl groups is 1. The first-order chi connectivity index (χ1) is 10.8. The molecule has 118 valence electrons. The Morgan fingerprint density at radius 2 is 1.95 bits per heavy atom. The standard InChI is InChI=1S/C15H19N3O3S/c19-13(10-18-6-8-20-9-7-18)11-22-15-17-16-14(21-15)12-4-2-1-3-5-12/h1-5,13,19H,6-11H2/p+1/t13-/m0/s1. The van der Waals surface area contributed by atoms with E-state index in [0.29, 0.717) is 16.9 Å². The molecule has 0 aliphatic carbocycles. The largest absolute Gasteiger partial charge is 0.411 e. The van der Waals surface area contributed by atoms with Crippen LogP contribution in [0.5, 0.6) is 0 Å². The van der Waals surface area contributed by atoms with Crippen LogP contribution in [0.4, 0.5) is 0 Å². The number of aromatic nitrogens is 2. The van der Waals surface area contributed by atoms with Crippen LogP contribution in [0.3, 0.4) is 0 Å². The number of nitrogens with zero attached hydrogens (tertiary/aromatic N) is 2. The van der Waals surface area contributed by atoms with Crippen LogP contribution < -0.4 is 4.90 Å². The van der Waals surface area contributed by atoms with Gasteiger partial charge in [-0.25, -0.2) is 0 Å². The van der Waals surface area contributed by atoms with Gasteiger partial charge in [0, 0.05) is 11.3 Å². The Bertz CT molecular complexity index is 572. The van der Waals surface area contributed by atoms with Crippen LogP contribution in [-0.4, -0.2) is 60.0 Å². The van der Waals surface area contributed by atoms with Crippen molar-refractivity contribution in [3.8, 4) is 11.5 Å². The Kier molecular flexibility index (Phi) is 5.44. The van der Waals surface area contributed by atoms with Crippen molar-refractivity contribution in [2.45, 2.75) is 11.3 Å². The molecular formula is C15H20N3O3S+. The van der Waals surface area contributed by atoms with Crippen LogP contribution in [0.2, 0.25) is 0 Å². The summed E-state index contributed by atoms with van der Waals surface area (Å²) in [6, 6.07) is 9.67. The normalized spacial score (nSPS) is 17.5. The number of benzene rings is 1. The van der Waals surface area contributed by atoms with Crippen molar-refractivity contribution in [1.29, 1.82) is 0 Å². The molecule has 0 saturated carbocycles. The minimum Gasteiger partial charge on any atom is -0.411 e. The first-order valence-electron chi connectivity index (χ1n) is 7.42. The summed E-state index contributed by atoms with van der Waals surface area (Å²) in [4.78, 5) is 1.38. The highest BCUT2D eigenvalue weighted by Crippen LogP contribution is 2.23. The number of rotatable bonds is 6. The Labute approximate surface area is 133 Å². The summed E-state index contributed by atoms with van der Waals surface area (Å²) < 4.78 is 10.9. The Balaban J connectivity index is 1.48. The lowest BCUT2D eigenvalue weighted by Crippen LogP contribution is -3.15. The second-order valence-electron chi connectivity index (χ2n) is 5.27. The number of aliphatic hydroxyl groups excluding tert-OH is 1. The van der Waals surface area contributed by atoms with E-state index >= 15 is 0 Å². The van der Waals surface area contributed by atoms with Crippen molar-refractivity contribution >= 4 is 11.8 Å². The molecule has 0 spiro atoms. The number of nitrogens with one attached hydrogen (secondary N) is 1. The maximum Gasteiger partial charge on any atom is 0.276 e. The summed E-state index contributed by atoms with van der Waals surface area (Å²) in [5.74, 6) is 1.07. The average Bonchev–Trinajstić information content (AvgIpc) is 3.04. The summed E-state index contributed by atoms with van der Waals surface area (Å²) in [6.07, 6.45) is -0.384. The van der Waals surface area contributed by atoms with E-state index in [4.69, 9.17) is 9.15 Å². The zero-order valence-corrected chi connectivity index (χ0v) is 13.1. The van der Waals surface area contributed by atoms with Gasteiger partial charge in [0.05, 0.1) is 13.2 Å². The maximum atomic E-state index is 10.1. The molecule has 1 aromatic heterocycles. The van der Waals surface area contributed by atoms with Gasteiger partial charge in [0.25, 0.3) is 5.22 Å². The summed E-state index contributed by atoms with van der Waals surface area (Å²) in [7, 11) is 0. The van der Waals surface area contributed by atoms with Gasteiger partial charge in [-0.1, -0.05) is 30.0 Å². The van der Waals surface area contributed by atoms with Crippen molar-refractivity contribution in [2.75, 3.05) is 38.6 Å². The van der Waals surface area contributed by atoms with Gasteiger partial charge in [-0.3, -0.25) is 0 Å². The third-order valence-corrected chi connectivity index (χ3v) is 4.51. The zero-order chi connectivity index (χ0) is 15.2. The lowest BCUT2D eigenvalue weighted by atomic mass is 10.2. The van der Waals surface area contributed by atoms with E-state index in [0.717, 1.165) is 38.4 Å². The first-order valence-corrected chi connectivity index (χ1v) is 8.41. The summed E-state index contributed by atoms with van der Waals surface area (Å²) in [6.45, 7) is 4.20. The number of morpholine rings is 1. The SMILES string of the molecule is O[C@H](CSc1nnc(-c2ccccc2)o1)C[NH+]1CCOCC1. The van der Waals surface area contributed by atoms with Gasteiger partial charge in [0.1, 0.15) is 25.7 Å². The van der Waals surface area contributed by atoms with E-state index in [1.54, 1.807) is 0 Å². The molecule has 0 bridgehead atoms. The van der Waals surface area contributed by atoms with Gasteiger partial charge in [-0.2, -0.15) is 0 Å². The van der Waals surface area contributed by atoms with Gasteiger partial charge in [-0.05, 0) is 12.1 Å². The fourth-order valence-electron chi connectivity index (χ4n) is 2.39. The van der Waals surface area contributed by atoms with Crippen molar-refractivity contribution in [1.82, 2.24) is 10.2 Å². The molecule has 1 aromatic carbocycles. The van der Waals surface area contributed by atoms with Gasteiger partial charge in [-0.15, -0.1) is 10.2 Å². The third-order valence-electron chi connectivity index (χ3n) is 3.55. The molecule has 0 unspecified atom stereocenters. The van der Waals surface area contributed by atoms with Crippen LogP contribution in [0, 0.1) is 0 Å². The molecule has 7 heteroatoms. The lowest BCUT2D eigenvalue weighted by molar-refractivity contribution is -0.910. The van der Waals surface area contributed by atoms with Crippen molar-refractivity contribution in [3.05, 3.63) is 30.3 Å². The van der Waals surface area contributed by atoms with Crippen LogP contribution in [0.1, 0.15) is 0 Å². The first kappa shape index (κ1) is 15.5. The van der Waals surface area contributed by atoms with E-state index < -0.39 is 0 Å². The molecule has 1 saturated heterocycles. The molecule has 1 fully saturated rings. The Morgan fingerprint density at radius 3 is 2.73 bits per heavy atom.